The van der Waals surface area contributed by atoms with Gasteiger partial charge < -0.3 is 30.3 Å². The fraction of sp³-hybridized carbons (Fsp3) is 0.488. The minimum Gasteiger partial charge on any atom is -0.459 e. The Labute approximate surface area is 333 Å². The monoisotopic (exact) mass is 789 g/mol. The molecular weight excluding hydrogens is 735 g/mol. The lowest BCUT2D eigenvalue weighted by atomic mass is 9.95. The lowest BCUT2D eigenvalue weighted by molar-refractivity contribution is -0.143. The Hall–Kier alpha value is -4.21. The fourth-order valence-electron chi connectivity index (χ4n) is 6.39. The van der Waals surface area contributed by atoms with Crippen molar-refractivity contribution in [3.05, 3.63) is 104 Å². The summed E-state index contributed by atoms with van der Waals surface area (Å²) in [5, 5.41) is 12.8. The van der Waals surface area contributed by atoms with Gasteiger partial charge in [0.05, 0.1) is 47.4 Å². The van der Waals surface area contributed by atoms with E-state index in [9.17, 15) is 14.4 Å². The Morgan fingerprint density at radius 3 is 2.22 bits per heavy atom. The second kappa shape index (κ2) is 22.4. The first-order chi connectivity index (χ1) is 26.7. The van der Waals surface area contributed by atoms with Gasteiger partial charge >= 0.3 is 12.0 Å². The van der Waals surface area contributed by atoms with E-state index in [4.69, 9.17) is 14.5 Å². The molecule has 5 rings (SSSR count). The van der Waals surface area contributed by atoms with Crippen molar-refractivity contribution < 1.29 is 23.9 Å². The lowest BCUT2D eigenvalue weighted by Gasteiger charge is -2.30. The Morgan fingerprint density at radius 2 is 1.58 bits per heavy atom. The normalized spacial score (nSPS) is 14.9. The molecule has 1 fully saturated rings. The quantitative estimate of drug-likeness (QED) is 0.0948. The van der Waals surface area contributed by atoms with Crippen molar-refractivity contribution in [2.45, 2.75) is 83.1 Å². The van der Waals surface area contributed by atoms with Crippen molar-refractivity contribution in [1.29, 1.82) is 0 Å². The molecule has 0 spiro atoms. The number of nitrogens with one attached hydrogen (secondary N) is 3. The number of thiazole rings is 2. The molecule has 1 aliphatic rings. The van der Waals surface area contributed by atoms with Crippen LogP contribution in [0.5, 0.6) is 0 Å². The average molecular weight is 790 g/mol. The molecule has 0 unspecified atom stereocenters. The van der Waals surface area contributed by atoms with E-state index in [2.05, 4.69) is 63.9 Å². The highest BCUT2D eigenvalue weighted by atomic mass is 32.1. The predicted molar refractivity (Wildman–Crippen MR) is 217 cm³/mol. The molecule has 3 amide bonds. The summed E-state index contributed by atoms with van der Waals surface area (Å²) < 4.78 is 11.0. The summed E-state index contributed by atoms with van der Waals surface area (Å²) in [6.45, 7) is 8.34. The molecule has 1 saturated heterocycles. The second-order valence-electron chi connectivity index (χ2n) is 14.3. The molecule has 296 valence electrons. The van der Waals surface area contributed by atoms with Gasteiger partial charge in [0, 0.05) is 56.3 Å². The van der Waals surface area contributed by atoms with Gasteiger partial charge in [0.15, 0.2) is 0 Å². The Morgan fingerprint density at radius 1 is 0.909 bits per heavy atom. The van der Waals surface area contributed by atoms with Gasteiger partial charge in [0.25, 0.3) is 0 Å². The van der Waals surface area contributed by atoms with Gasteiger partial charge in [0.1, 0.15) is 12.6 Å². The number of urea groups is 1. The molecule has 12 nitrogen and oxygen atoms in total. The van der Waals surface area contributed by atoms with Crippen molar-refractivity contribution in [3.8, 4) is 0 Å². The number of esters is 1. The molecule has 3 N–H and O–H groups in total. The molecule has 1 aliphatic heterocycles. The van der Waals surface area contributed by atoms with Crippen LogP contribution in [-0.4, -0.2) is 102 Å². The number of rotatable bonds is 21. The first-order valence-electron chi connectivity index (χ1n) is 19.1. The maximum absolute atomic E-state index is 14.3. The second-order valence-corrected chi connectivity index (χ2v) is 16.2. The minimum absolute atomic E-state index is 0.0547. The number of aromatic nitrogens is 2. The minimum atomic E-state index is -0.746. The molecule has 2 aromatic carbocycles. The third-order valence-electron chi connectivity index (χ3n) is 9.51. The van der Waals surface area contributed by atoms with Crippen LogP contribution in [0.15, 0.2) is 77.8 Å². The number of benzene rings is 2. The number of hydrogen-bond donors (Lipinski definition) is 3. The van der Waals surface area contributed by atoms with Gasteiger partial charge in [-0.25, -0.2) is 9.78 Å². The van der Waals surface area contributed by atoms with E-state index in [1.165, 1.54) is 11.3 Å². The van der Waals surface area contributed by atoms with Gasteiger partial charge in [-0.2, -0.15) is 0 Å². The molecule has 3 heterocycles. The van der Waals surface area contributed by atoms with Crippen LogP contribution < -0.4 is 16.0 Å². The summed E-state index contributed by atoms with van der Waals surface area (Å²) in [7, 11) is 1.73. The summed E-state index contributed by atoms with van der Waals surface area (Å²) >= 11 is 3.04. The molecule has 0 aliphatic carbocycles. The SMILES string of the molecule is CC(C)c1nc(CN(C)C(=O)N[C@@H](CCN2CCOCC2)C(=O)N[C@H](CC[C@H](Cc2ccccc2)NCC(=O)OCc2cncs2)Cc2ccccc2)cs1. The molecule has 0 bridgehead atoms. The zero-order valence-corrected chi connectivity index (χ0v) is 33.8. The number of amides is 3. The predicted octanol–water partition coefficient (Wildman–Crippen LogP) is 5.41. The smallest absolute Gasteiger partial charge is 0.320 e. The van der Waals surface area contributed by atoms with E-state index in [1.807, 2.05) is 41.8 Å². The fourth-order valence-corrected chi connectivity index (χ4v) is 7.72. The van der Waals surface area contributed by atoms with Crippen LogP contribution in [0.3, 0.4) is 0 Å². The maximum atomic E-state index is 14.3. The number of morpholine rings is 1. The highest BCUT2D eigenvalue weighted by Crippen LogP contribution is 2.20. The number of nitrogens with zero attached hydrogens (tertiary/aromatic N) is 4. The number of hydrogen-bond acceptors (Lipinski definition) is 11. The van der Waals surface area contributed by atoms with Gasteiger partial charge in [-0.1, -0.05) is 74.5 Å². The zero-order chi connectivity index (χ0) is 38.8. The Balaban J connectivity index is 1.26. The summed E-state index contributed by atoms with van der Waals surface area (Å²) in [5.41, 5.74) is 4.79. The lowest BCUT2D eigenvalue weighted by Crippen LogP contribution is -2.54. The number of carbonyl (C=O) groups is 3. The van der Waals surface area contributed by atoms with E-state index in [0.29, 0.717) is 64.3 Å². The molecule has 0 radical (unpaired) electrons. The van der Waals surface area contributed by atoms with Gasteiger partial charge in [0.2, 0.25) is 5.91 Å². The summed E-state index contributed by atoms with van der Waals surface area (Å²) in [4.78, 5) is 54.0. The highest BCUT2D eigenvalue weighted by Gasteiger charge is 2.27. The Kier molecular flexibility index (Phi) is 17.1. The van der Waals surface area contributed by atoms with Crippen LogP contribution >= 0.6 is 22.7 Å². The first-order valence-corrected chi connectivity index (χ1v) is 20.9. The van der Waals surface area contributed by atoms with Crippen molar-refractivity contribution in [2.75, 3.05) is 46.4 Å². The van der Waals surface area contributed by atoms with Crippen LogP contribution in [0.1, 0.15) is 65.7 Å². The molecule has 3 atom stereocenters. The number of ether oxygens (including phenoxy) is 2. The van der Waals surface area contributed by atoms with Crippen LogP contribution in [0.4, 0.5) is 4.79 Å². The summed E-state index contributed by atoms with van der Waals surface area (Å²) in [6, 6.07) is 18.9. The standard InChI is InChI=1S/C41H55N7O5S2/c1-30(2)40-45-35(28-54-40)26-47(3)41(51)46-37(16-17-48-18-20-52-21-19-48)39(50)44-34(23-32-12-8-5-9-13-32)15-14-33(22-31-10-6-4-7-11-31)43-25-38(49)53-27-36-24-42-29-55-36/h4-13,24,28-30,33-34,37,43H,14-23,25-27H2,1-3H3,(H,44,50)(H,46,51)/t33-,34-,37+/m1/s1. The van der Waals surface area contributed by atoms with Crippen molar-refractivity contribution in [1.82, 2.24) is 35.7 Å². The van der Waals surface area contributed by atoms with Gasteiger partial charge in [-0.3, -0.25) is 19.5 Å². The molecule has 55 heavy (non-hydrogen) atoms. The third kappa shape index (κ3) is 14.8. The van der Waals surface area contributed by atoms with E-state index < -0.39 is 6.04 Å². The maximum Gasteiger partial charge on any atom is 0.320 e. The molecule has 2 aromatic heterocycles. The van der Waals surface area contributed by atoms with E-state index in [-0.39, 0.29) is 43.1 Å². The van der Waals surface area contributed by atoms with Crippen LogP contribution in [0.2, 0.25) is 0 Å². The van der Waals surface area contributed by atoms with Crippen molar-refractivity contribution in [2.24, 2.45) is 0 Å². The zero-order valence-electron chi connectivity index (χ0n) is 32.2. The summed E-state index contributed by atoms with van der Waals surface area (Å²) in [5.74, 6) is -0.235. The molecular formula is C41H55N7O5S2. The van der Waals surface area contributed by atoms with Crippen molar-refractivity contribution in [3.63, 3.8) is 0 Å². The van der Waals surface area contributed by atoms with E-state index in [1.54, 1.807) is 35.0 Å². The van der Waals surface area contributed by atoms with Crippen LogP contribution in [-0.2, 0) is 45.1 Å². The highest BCUT2D eigenvalue weighted by molar-refractivity contribution is 7.09. The molecule has 0 saturated carbocycles. The molecule has 4 aromatic rings. The van der Waals surface area contributed by atoms with E-state index in [0.717, 1.165) is 39.8 Å². The van der Waals surface area contributed by atoms with Crippen LogP contribution in [0, 0.1) is 0 Å². The van der Waals surface area contributed by atoms with Gasteiger partial charge in [-0.05, 0) is 43.2 Å². The van der Waals surface area contributed by atoms with Crippen LogP contribution in [0.25, 0.3) is 0 Å². The molecule has 14 heteroatoms. The first kappa shape index (κ1) is 41.9. The average Bonchev–Trinajstić information content (AvgIpc) is 3.91. The summed E-state index contributed by atoms with van der Waals surface area (Å²) in [6.07, 6.45) is 4.82. The number of carbonyl (C=O) groups excluding carboxylic acids is 3. The van der Waals surface area contributed by atoms with Crippen molar-refractivity contribution >= 4 is 40.6 Å². The largest absolute Gasteiger partial charge is 0.459 e. The van der Waals surface area contributed by atoms with Gasteiger partial charge in [-0.15, -0.1) is 22.7 Å². The third-order valence-corrected chi connectivity index (χ3v) is 11.5. The Bertz CT molecular complexity index is 1720. The topological polar surface area (TPSA) is 138 Å². The van der Waals surface area contributed by atoms with E-state index >= 15 is 0 Å².